The van der Waals surface area contributed by atoms with Crippen molar-refractivity contribution in [3.05, 3.63) is 89.5 Å². The summed E-state index contributed by atoms with van der Waals surface area (Å²) in [6.07, 6.45) is 0.202. The molecule has 3 rings (SSSR count). The summed E-state index contributed by atoms with van der Waals surface area (Å²) >= 11 is 5.24. The molecule has 0 radical (unpaired) electrons. The zero-order valence-corrected chi connectivity index (χ0v) is 20.6. The molecule has 0 fully saturated rings. The second-order valence-electron chi connectivity index (χ2n) is 8.89. The van der Waals surface area contributed by atoms with Crippen LogP contribution in [0.4, 0.5) is 11.4 Å². The Morgan fingerprint density at radius 3 is 1.91 bits per heavy atom. The third kappa shape index (κ3) is 7.15. The number of amides is 2. The van der Waals surface area contributed by atoms with Crippen LogP contribution < -0.4 is 20.7 Å². The van der Waals surface area contributed by atoms with Gasteiger partial charge in [0.1, 0.15) is 5.75 Å². The molecule has 0 spiro atoms. The van der Waals surface area contributed by atoms with E-state index in [-0.39, 0.29) is 28.8 Å². The van der Waals surface area contributed by atoms with Gasteiger partial charge in [0.15, 0.2) is 5.11 Å². The molecular formula is C27H29N3O3S. The summed E-state index contributed by atoms with van der Waals surface area (Å²) in [5.74, 6) is 0.339. The quantitative estimate of drug-likeness (QED) is 0.422. The topological polar surface area (TPSA) is 79.5 Å². The summed E-state index contributed by atoms with van der Waals surface area (Å²) in [4.78, 5) is 24.8. The summed E-state index contributed by atoms with van der Waals surface area (Å²) in [7, 11) is 1.60. The number of anilines is 2. The third-order valence-electron chi connectivity index (χ3n) is 5.19. The largest absolute Gasteiger partial charge is 0.497 e. The number of ether oxygens (including phenoxy) is 1. The highest BCUT2D eigenvalue weighted by atomic mass is 32.1. The van der Waals surface area contributed by atoms with Gasteiger partial charge in [0.25, 0.3) is 5.91 Å². The fourth-order valence-corrected chi connectivity index (χ4v) is 3.46. The van der Waals surface area contributed by atoms with Gasteiger partial charge in [-0.3, -0.25) is 9.59 Å². The Kier molecular flexibility index (Phi) is 8.02. The Morgan fingerprint density at radius 1 is 0.824 bits per heavy atom. The van der Waals surface area contributed by atoms with Crippen molar-refractivity contribution in [2.75, 3.05) is 17.7 Å². The first-order valence-corrected chi connectivity index (χ1v) is 11.3. The average Bonchev–Trinajstić information content (AvgIpc) is 2.80. The van der Waals surface area contributed by atoms with Gasteiger partial charge in [0, 0.05) is 16.9 Å². The lowest BCUT2D eigenvalue weighted by atomic mass is 9.87. The van der Waals surface area contributed by atoms with Crippen molar-refractivity contribution in [3.63, 3.8) is 0 Å². The van der Waals surface area contributed by atoms with Crippen LogP contribution in [0.2, 0.25) is 0 Å². The lowest BCUT2D eigenvalue weighted by Gasteiger charge is -2.19. The van der Waals surface area contributed by atoms with Gasteiger partial charge >= 0.3 is 0 Å². The molecule has 0 aliphatic rings. The number of methoxy groups -OCH3 is 1. The molecule has 34 heavy (non-hydrogen) atoms. The Bertz CT molecular complexity index is 1150. The molecule has 0 unspecified atom stereocenters. The number of nitrogens with one attached hydrogen (secondary N) is 3. The van der Waals surface area contributed by atoms with Gasteiger partial charge < -0.3 is 20.7 Å². The van der Waals surface area contributed by atoms with E-state index in [0.717, 1.165) is 11.3 Å². The molecule has 3 N–H and O–H groups in total. The lowest BCUT2D eigenvalue weighted by molar-refractivity contribution is -0.119. The summed E-state index contributed by atoms with van der Waals surface area (Å²) in [5.41, 5.74) is 4.01. The van der Waals surface area contributed by atoms with E-state index in [1.165, 1.54) is 5.56 Å². The van der Waals surface area contributed by atoms with Crippen molar-refractivity contribution in [3.8, 4) is 5.75 Å². The van der Waals surface area contributed by atoms with Crippen LogP contribution >= 0.6 is 12.2 Å². The van der Waals surface area contributed by atoms with Gasteiger partial charge in [-0.25, -0.2) is 0 Å². The van der Waals surface area contributed by atoms with E-state index in [1.807, 2.05) is 36.4 Å². The van der Waals surface area contributed by atoms with E-state index in [2.05, 4.69) is 36.7 Å². The first-order chi connectivity index (χ1) is 16.1. The molecular weight excluding hydrogens is 446 g/mol. The molecule has 0 heterocycles. The highest BCUT2D eigenvalue weighted by Gasteiger charge is 2.14. The monoisotopic (exact) mass is 475 g/mol. The fourth-order valence-electron chi connectivity index (χ4n) is 3.22. The van der Waals surface area contributed by atoms with Crippen molar-refractivity contribution in [2.24, 2.45) is 0 Å². The maximum atomic E-state index is 12.5. The third-order valence-corrected chi connectivity index (χ3v) is 5.39. The Balaban J connectivity index is 1.50. The van der Waals surface area contributed by atoms with Gasteiger partial charge in [-0.1, -0.05) is 45.0 Å². The van der Waals surface area contributed by atoms with Gasteiger partial charge in [-0.15, -0.1) is 0 Å². The zero-order valence-electron chi connectivity index (χ0n) is 19.8. The smallest absolute Gasteiger partial charge is 0.255 e. The maximum absolute atomic E-state index is 12.5. The number of rotatable bonds is 6. The molecule has 7 heteroatoms. The molecule has 3 aromatic rings. The predicted molar refractivity (Wildman–Crippen MR) is 141 cm³/mol. The zero-order chi connectivity index (χ0) is 24.7. The highest BCUT2D eigenvalue weighted by molar-refractivity contribution is 7.80. The first kappa shape index (κ1) is 24.9. The van der Waals surface area contributed by atoms with Crippen molar-refractivity contribution in [2.45, 2.75) is 32.6 Å². The van der Waals surface area contributed by atoms with Crippen LogP contribution in [0.5, 0.6) is 5.75 Å². The standard InChI is InChI=1S/C27H29N3O3S/c1-27(2,3)20-9-7-19(8-10-20)25(32)28-21-11-13-22(14-12-21)29-26(34)30-24(31)17-18-5-15-23(33-4)16-6-18/h5-16H,17H2,1-4H3,(H,28,32)(H2,29,30,31,34). The van der Waals surface area contributed by atoms with Crippen LogP contribution in [0, 0.1) is 0 Å². The molecule has 0 saturated heterocycles. The normalized spacial score (nSPS) is 10.8. The van der Waals surface area contributed by atoms with E-state index in [1.54, 1.807) is 43.5 Å². The second kappa shape index (κ2) is 10.9. The molecule has 0 aliphatic heterocycles. The molecule has 0 aliphatic carbocycles. The lowest BCUT2D eigenvalue weighted by Crippen LogP contribution is -2.35. The van der Waals surface area contributed by atoms with Crippen LogP contribution in [-0.2, 0) is 16.6 Å². The summed E-state index contributed by atoms with van der Waals surface area (Å²) in [5, 5.41) is 8.73. The van der Waals surface area contributed by atoms with Crippen molar-refractivity contribution in [1.82, 2.24) is 5.32 Å². The Labute approximate surface area is 205 Å². The summed E-state index contributed by atoms with van der Waals surface area (Å²) < 4.78 is 5.12. The number of carbonyl (C=O) groups excluding carboxylic acids is 2. The van der Waals surface area contributed by atoms with Gasteiger partial charge in [0.2, 0.25) is 5.91 Å². The predicted octanol–water partition coefficient (Wildman–Crippen LogP) is 5.30. The molecule has 176 valence electrons. The summed E-state index contributed by atoms with van der Waals surface area (Å²) in [6, 6.07) is 22.0. The number of carbonyl (C=O) groups is 2. The molecule has 0 bridgehead atoms. The molecule has 0 aromatic heterocycles. The molecule has 6 nitrogen and oxygen atoms in total. The van der Waals surface area contributed by atoms with E-state index < -0.39 is 0 Å². The van der Waals surface area contributed by atoms with Gasteiger partial charge in [-0.2, -0.15) is 0 Å². The van der Waals surface area contributed by atoms with E-state index >= 15 is 0 Å². The second-order valence-corrected chi connectivity index (χ2v) is 9.29. The average molecular weight is 476 g/mol. The Hall–Kier alpha value is -3.71. The van der Waals surface area contributed by atoms with Crippen molar-refractivity contribution >= 4 is 40.5 Å². The minimum Gasteiger partial charge on any atom is -0.497 e. The minimum absolute atomic E-state index is 0.0353. The van der Waals surface area contributed by atoms with E-state index in [9.17, 15) is 9.59 Å². The molecule has 3 aromatic carbocycles. The van der Waals surface area contributed by atoms with Crippen molar-refractivity contribution in [1.29, 1.82) is 0 Å². The number of benzene rings is 3. The van der Waals surface area contributed by atoms with Gasteiger partial charge in [-0.05, 0) is 77.3 Å². The molecule has 0 atom stereocenters. The highest BCUT2D eigenvalue weighted by Crippen LogP contribution is 2.22. The number of thiocarbonyl (C=S) groups is 1. The number of hydrogen-bond acceptors (Lipinski definition) is 4. The van der Waals surface area contributed by atoms with Crippen molar-refractivity contribution < 1.29 is 14.3 Å². The van der Waals surface area contributed by atoms with E-state index in [0.29, 0.717) is 16.9 Å². The van der Waals surface area contributed by atoms with Crippen LogP contribution in [-0.4, -0.2) is 24.0 Å². The SMILES string of the molecule is COc1ccc(CC(=O)NC(=S)Nc2ccc(NC(=O)c3ccc(C(C)(C)C)cc3)cc2)cc1. The van der Waals surface area contributed by atoms with Gasteiger partial charge in [0.05, 0.1) is 13.5 Å². The summed E-state index contributed by atoms with van der Waals surface area (Å²) in [6.45, 7) is 6.40. The molecule has 0 saturated carbocycles. The number of hydrogen-bond donors (Lipinski definition) is 3. The van der Waals surface area contributed by atoms with Crippen LogP contribution in [0.25, 0.3) is 0 Å². The van der Waals surface area contributed by atoms with Crippen LogP contribution in [0.15, 0.2) is 72.8 Å². The van der Waals surface area contributed by atoms with Crippen LogP contribution in [0.3, 0.4) is 0 Å². The maximum Gasteiger partial charge on any atom is 0.255 e. The fraction of sp³-hybridized carbons (Fsp3) is 0.222. The minimum atomic E-state index is -0.218. The van der Waals surface area contributed by atoms with Crippen LogP contribution in [0.1, 0.15) is 42.3 Å². The molecule has 2 amide bonds. The van der Waals surface area contributed by atoms with E-state index in [4.69, 9.17) is 17.0 Å². The first-order valence-electron chi connectivity index (χ1n) is 10.9. The Morgan fingerprint density at radius 2 is 1.38 bits per heavy atom.